The summed E-state index contributed by atoms with van der Waals surface area (Å²) in [6, 6.07) is 4.01. The zero-order valence-corrected chi connectivity index (χ0v) is 21.3. The molecular formula is C22H25ClFN7O4S. The number of sulfonamides is 1. The first kappa shape index (κ1) is 25.8. The highest BCUT2D eigenvalue weighted by Crippen LogP contribution is 2.42. The molecule has 0 saturated heterocycles. The van der Waals surface area contributed by atoms with Crippen molar-refractivity contribution < 1.29 is 22.3 Å². The summed E-state index contributed by atoms with van der Waals surface area (Å²) in [6.45, 7) is 1.95. The van der Waals surface area contributed by atoms with Crippen LogP contribution in [0.5, 0.6) is 0 Å². The van der Waals surface area contributed by atoms with Crippen LogP contribution in [0.15, 0.2) is 29.3 Å². The Balaban J connectivity index is 1.73. The van der Waals surface area contributed by atoms with Crippen LogP contribution in [0.4, 0.5) is 15.1 Å². The molecule has 0 radical (unpaired) electrons. The van der Waals surface area contributed by atoms with Crippen molar-refractivity contribution in [2.45, 2.75) is 36.7 Å². The summed E-state index contributed by atoms with van der Waals surface area (Å²) in [5.74, 6) is 0.121. The van der Waals surface area contributed by atoms with Gasteiger partial charge in [-0.3, -0.25) is 0 Å². The fourth-order valence-corrected chi connectivity index (χ4v) is 4.60. The molecule has 0 bridgehead atoms. The van der Waals surface area contributed by atoms with Crippen LogP contribution in [0, 0.1) is 5.82 Å². The minimum atomic E-state index is -4.11. The number of rotatable bonds is 9. The number of benzene rings is 1. The number of amides is 1. The second-order valence-electron chi connectivity index (χ2n) is 8.21. The molecule has 1 amide bonds. The third-order valence-electron chi connectivity index (χ3n) is 5.48. The van der Waals surface area contributed by atoms with Gasteiger partial charge in [-0.15, -0.1) is 0 Å². The average molecular weight is 538 g/mol. The number of halogens is 2. The lowest BCUT2D eigenvalue weighted by atomic mass is 10.1. The van der Waals surface area contributed by atoms with Crippen molar-refractivity contribution in [1.82, 2.24) is 30.0 Å². The first-order valence-electron chi connectivity index (χ1n) is 11.1. The number of hydrogen-bond donors (Lipinski definition) is 4. The molecule has 0 spiro atoms. The molecule has 192 valence electrons. The number of ether oxygens (including phenoxy) is 1. The quantitative estimate of drug-likeness (QED) is 0.324. The summed E-state index contributed by atoms with van der Waals surface area (Å²) in [6.07, 6.45) is 2.36. The van der Waals surface area contributed by atoms with Crippen molar-refractivity contribution in [2.24, 2.45) is 0 Å². The van der Waals surface area contributed by atoms with Crippen molar-refractivity contribution in [3.63, 3.8) is 0 Å². The Labute approximate surface area is 212 Å². The number of aromatic amines is 1. The molecule has 1 aliphatic carbocycles. The lowest BCUT2D eigenvalue weighted by Crippen LogP contribution is -2.29. The molecule has 11 nitrogen and oxygen atoms in total. The Hall–Kier alpha value is -3.29. The third-order valence-corrected chi connectivity index (χ3v) is 7.11. The number of nitrogens with zero attached hydrogens (tertiary/aromatic N) is 3. The smallest absolute Gasteiger partial charge is 0.407 e. The van der Waals surface area contributed by atoms with Crippen molar-refractivity contribution in [1.29, 1.82) is 0 Å². The summed E-state index contributed by atoms with van der Waals surface area (Å²) in [7, 11) is -1.46. The van der Waals surface area contributed by atoms with Crippen LogP contribution in [0.3, 0.4) is 0 Å². The fraction of sp³-hybridized carbons (Fsp3) is 0.364. The van der Waals surface area contributed by atoms with Crippen LogP contribution in [-0.2, 0) is 14.8 Å². The third kappa shape index (κ3) is 5.58. The maximum Gasteiger partial charge on any atom is 0.407 e. The highest BCUT2D eigenvalue weighted by atomic mass is 35.5. The van der Waals surface area contributed by atoms with Crippen LogP contribution < -0.4 is 15.4 Å². The van der Waals surface area contributed by atoms with E-state index in [1.54, 1.807) is 13.0 Å². The van der Waals surface area contributed by atoms with Gasteiger partial charge in [-0.1, -0.05) is 11.6 Å². The van der Waals surface area contributed by atoms with E-state index in [9.17, 15) is 13.2 Å². The van der Waals surface area contributed by atoms with Gasteiger partial charge < -0.3 is 20.4 Å². The van der Waals surface area contributed by atoms with Gasteiger partial charge in [-0.2, -0.15) is 0 Å². The lowest BCUT2D eigenvalue weighted by Gasteiger charge is -2.14. The predicted molar refractivity (Wildman–Crippen MR) is 132 cm³/mol. The van der Waals surface area contributed by atoms with Gasteiger partial charge in [0.05, 0.1) is 17.9 Å². The Bertz CT molecular complexity index is 1400. The van der Waals surface area contributed by atoms with E-state index in [2.05, 4.69) is 35.3 Å². The van der Waals surface area contributed by atoms with Gasteiger partial charge in [0.15, 0.2) is 5.82 Å². The summed E-state index contributed by atoms with van der Waals surface area (Å²) in [5.41, 5.74) is 0.908. The van der Waals surface area contributed by atoms with E-state index < -0.39 is 32.9 Å². The minimum Gasteiger partial charge on any atom is -0.445 e. The van der Waals surface area contributed by atoms with E-state index >= 15 is 4.39 Å². The van der Waals surface area contributed by atoms with Crippen molar-refractivity contribution >= 4 is 33.7 Å². The van der Waals surface area contributed by atoms with E-state index in [0.29, 0.717) is 17.2 Å². The fourth-order valence-electron chi connectivity index (χ4n) is 3.47. The van der Waals surface area contributed by atoms with Crippen LogP contribution in [0.2, 0.25) is 5.02 Å². The second kappa shape index (κ2) is 10.4. The number of aromatic nitrogens is 4. The zero-order valence-electron chi connectivity index (χ0n) is 19.7. The van der Waals surface area contributed by atoms with Crippen molar-refractivity contribution in [2.75, 3.05) is 26.0 Å². The van der Waals surface area contributed by atoms with E-state index in [-0.39, 0.29) is 34.7 Å². The largest absolute Gasteiger partial charge is 0.445 e. The molecule has 1 aromatic carbocycles. The van der Waals surface area contributed by atoms with Gasteiger partial charge in [0.2, 0.25) is 16.0 Å². The number of carbonyl (C=O) groups is 1. The van der Waals surface area contributed by atoms with Crippen LogP contribution >= 0.6 is 11.6 Å². The molecule has 3 aromatic rings. The second-order valence-corrected chi connectivity index (χ2v) is 10.5. The van der Waals surface area contributed by atoms with Crippen molar-refractivity contribution in [3.05, 3.63) is 41.1 Å². The summed E-state index contributed by atoms with van der Waals surface area (Å²) >= 11 is 6.18. The predicted octanol–water partition coefficient (Wildman–Crippen LogP) is 3.27. The molecule has 4 rings (SSSR count). The molecule has 0 aliphatic heterocycles. The number of nitrogens with one attached hydrogen (secondary N) is 4. The Kier molecular flexibility index (Phi) is 7.43. The van der Waals surface area contributed by atoms with Crippen LogP contribution in [-0.4, -0.2) is 61.2 Å². The van der Waals surface area contributed by atoms with Crippen molar-refractivity contribution in [3.8, 4) is 22.6 Å². The standard InChI is InChI=1S/C22H25ClFN7O4S/c1-11(35-22(32)25-2)10-28-21-27-7-6-15(29-21)19-18(30-20(31-19)12-4-5-12)14-8-13(23)9-16(17(14)24)36(33,34)26-3/h6-9,11-12,26H,4-5,10H2,1-3H3,(H,25,32)(H,30,31)(H,27,28,29)/t11-/m0/s1. The molecule has 14 heteroatoms. The number of carbonyl (C=O) groups excluding carboxylic acids is 1. The SMILES string of the molecule is CNC(=O)O[C@@H](C)CNc1nccc(-c2[nH]c(C3CC3)nc2-c2cc(Cl)cc(S(=O)(=O)NC)c2F)n1. The number of imidazole rings is 1. The van der Waals surface area contributed by atoms with E-state index in [4.69, 9.17) is 16.3 Å². The molecule has 2 heterocycles. The van der Waals surface area contributed by atoms with Gasteiger partial charge in [-0.05, 0) is 45.0 Å². The monoisotopic (exact) mass is 537 g/mol. The normalized spacial score (nSPS) is 14.4. The molecule has 2 aromatic heterocycles. The highest BCUT2D eigenvalue weighted by Gasteiger charge is 2.31. The topological polar surface area (TPSA) is 151 Å². The highest BCUT2D eigenvalue weighted by molar-refractivity contribution is 7.89. The summed E-state index contributed by atoms with van der Waals surface area (Å²) in [5, 5.41) is 5.41. The Morgan fingerprint density at radius 3 is 2.72 bits per heavy atom. The van der Waals surface area contributed by atoms with Gasteiger partial charge in [-0.25, -0.2) is 37.3 Å². The Morgan fingerprint density at radius 2 is 2.06 bits per heavy atom. The molecule has 0 unspecified atom stereocenters. The molecular weight excluding hydrogens is 513 g/mol. The first-order valence-corrected chi connectivity index (χ1v) is 13.0. The van der Waals surface area contributed by atoms with E-state index in [1.807, 2.05) is 0 Å². The summed E-state index contributed by atoms with van der Waals surface area (Å²) in [4.78, 5) is 27.3. The molecule has 4 N–H and O–H groups in total. The van der Waals surface area contributed by atoms with Gasteiger partial charge in [0.1, 0.15) is 22.5 Å². The summed E-state index contributed by atoms with van der Waals surface area (Å²) < 4.78 is 47.6. The number of H-pyrrole nitrogens is 1. The van der Waals surface area contributed by atoms with Crippen LogP contribution in [0.25, 0.3) is 22.6 Å². The first-order chi connectivity index (χ1) is 17.1. The number of hydrogen-bond acceptors (Lipinski definition) is 8. The number of anilines is 1. The average Bonchev–Trinajstić information content (AvgIpc) is 3.62. The maximum absolute atomic E-state index is 15.5. The molecule has 36 heavy (non-hydrogen) atoms. The number of alkyl carbamates (subject to hydrolysis) is 1. The zero-order chi connectivity index (χ0) is 26.0. The van der Waals surface area contributed by atoms with Gasteiger partial charge >= 0.3 is 6.09 Å². The molecule has 1 aliphatic rings. The lowest BCUT2D eigenvalue weighted by molar-refractivity contribution is 0.114. The molecule has 1 saturated carbocycles. The van der Waals surface area contributed by atoms with E-state index in [1.165, 1.54) is 26.4 Å². The maximum atomic E-state index is 15.5. The molecule has 1 atom stereocenters. The van der Waals surface area contributed by atoms with Gasteiger partial charge in [0, 0.05) is 29.7 Å². The Morgan fingerprint density at radius 1 is 1.31 bits per heavy atom. The van der Waals surface area contributed by atoms with Gasteiger partial charge in [0.25, 0.3) is 0 Å². The van der Waals surface area contributed by atoms with Crippen LogP contribution in [0.1, 0.15) is 31.5 Å². The van der Waals surface area contributed by atoms with E-state index in [0.717, 1.165) is 18.9 Å². The minimum absolute atomic E-state index is 0.0392. The molecule has 1 fully saturated rings.